The van der Waals surface area contributed by atoms with Crippen LogP contribution in [0.25, 0.3) is 33.5 Å². The van der Waals surface area contributed by atoms with Crippen LogP contribution in [0.3, 0.4) is 0 Å². The maximum absolute atomic E-state index is 13.0. The van der Waals surface area contributed by atoms with Crippen molar-refractivity contribution in [3.05, 3.63) is 52.9 Å². The Morgan fingerprint density at radius 1 is 0.639 bits per heavy atom. The topological polar surface area (TPSA) is 240 Å². The minimum atomic E-state index is -1.65. The zero-order chi connectivity index (χ0) is 52.4. The van der Waals surface area contributed by atoms with Gasteiger partial charge < -0.3 is 15.3 Å². The summed E-state index contributed by atoms with van der Waals surface area (Å²) in [7, 11) is 0. The largest absolute Gasteiger partial charge is 0.390 e. The first-order valence-corrected chi connectivity index (χ1v) is 25.2. The van der Waals surface area contributed by atoms with E-state index < -0.39 is 42.0 Å². The van der Waals surface area contributed by atoms with Crippen LogP contribution in [-0.4, -0.2) is 107 Å². The molecule has 6 N–H and O–H groups in total. The molecule has 2 atom stereocenters. The van der Waals surface area contributed by atoms with E-state index in [1.165, 1.54) is 12.8 Å². The molecule has 0 radical (unpaired) electrons. The van der Waals surface area contributed by atoms with E-state index >= 15 is 0 Å². The number of aromatic nitrogens is 9. The van der Waals surface area contributed by atoms with Gasteiger partial charge in [-0.15, -0.1) is 0 Å². The minimum Gasteiger partial charge on any atom is -0.390 e. The number of hydrogen-bond donors (Lipinski definition) is 6. The number of nitrogens with one attached hydrogen (secondary N) is 3. The summed E-state index contributed by atoms with van der Waals surface area (Å²) in [5.41, 5.74) is 1.45. The number of imidazole rings is 3. The van der Waals surface area contributed by atoms with Gasteiger partial charge in [-0.1, -0.05) is 25.4 Å². The average molecular weight is 1020 g/mol. The van der Waals surface area contributed by atoms with Crippen molar-refractivity contribution < 1.29 is 38.5 Å². The van der Waals surface area contributed by atoms with Crippen LogP contribution in [0.2, 0.25) is 5.15 Å². The van der Waals surface area contributed by atoms with Crippen LogP contribution in [0.4, 0.5) is 26.6 Å². The summed E-state index contributed by atoms with van der Waals surface area (Å²) >= 11 is 6.03. The molecule has 3 amide bonds. The van der Waals surface area contributed by atoms with Crippen LogP contribution >= 0.6 is 11.6 Å². The molecule has 3 fully saturated rings. The first-order chi connectivity index (χ1) is 33.9. The summed E-state index contributed by atoms with van der Waals surface area (Å²) < 4.78 is 31.9. The Balaban J connectivity index is 0.000000159. The number of nitrogens with zero attached hydrogens (tertiary/aromatic N) is 9. The first-order valence-electron chi connectivity index (χ1n) is 24.9. The molecule has 0 aromatic carbocycles. The normalized spacial score (nSPS) is 17.6. The van der Waals surface area contributed by atoms with Gasteiger partial charge in [0.1, 0.15) is 46.3 Å². The maximum atomic E-state index is 13.0. The predicted octanol–water partition coefficient (Wildman–Crippen LogP) is 8.75. The third-order valence-electron chi connectivity index (χ3n) is 14.1. The molecule has 9 rings (SSSR count). The van der Waals surface area contributed by atoms with Crippen molar-refractivity contribution >= 4 is 80.7 Å². The van der Waals surface area contributed by atoms with E-state index in [4.69, 9.17) is 11.6 Å². The number of hydrogen-bond acceptors (Lipinski definition) is 12. The van der Waals surface area contributed by atoms with Crippen LogP contribution in [-0.2, 0) is 32.0 Å². The number of carbonyl (C=O) groups is 3. The molecule has 18 nitrogen and oxygen atoms in total. The smallest absolute Gasteiger partial charge is 0.229 e. The van der Waals surface area contributed by atoms with Crippen molar-refractivity contribution in [2.24, 2.45) is 5.92 Å². The number of alkyl halides is 2. The van der Waals surface area contributed by atoms with E-state index in [1.807, 2.05) is 51.8 Å². The summed E-state index contributed by atoms with van der Waals surface area (Å²) in [5, 5.41) is 38.5. The van der Waals surface area contributed by atoms with Gasteiger partial charge in [-0.05, 0) is 148 Å². The molecule has 3 aliphatic rings. The number of anilines is 3. The summed E-state index contributed by atoms with van der Waals surface area (Å²) in [4.78, 5) is 63.8. The Morgan fingerprint density at radius 3 is 1.46 bits per heavy atom. The fraction of sp³-hybridized carbons (Fsp3) is 0.588. The number of amides is 3. The van der Waals surface area contributed by atoms with Gasteiger partial charge in [-0.25, -0.2) is 38.7 Å². The molecule has 6 aromatic rings. The van der Waals surface area contributed by atoms with Crippen molar-refractivity contribution in [3.8, 4) is 0 Å². The fourth-order valence-electron chi connectivity index (χ4n) is 8.95. The van der Waals surface area contributed by atoms with E-state index in [0.717, 1.165) is 73.3 Å². The van der Waals surface area contributed by atoms with Gasteiger partial charge in [-0.3, -0.25) is 44.0 Å². The van der Waals surface area contributed by atoms with Gasteiger partial charge in [0, 0.05) is 29.0 Å². The summed E-state index contributed by atoms with van der Waals surface area (Å²) in [6.45, 7) is 13.5. The van der Waals surface area contributed by atoms with Gasteiger partial charge in [0.25, 0.3) is 0 Å². The van der Waals surface area contributed by atoms with Crippen molar-refractivity contribution in [2.75, 3.05) is 29.3 Å². The predicted molar refractivity (Wildman–Crippen MR) is 273 cm³/mol. The molecule has 0 spiro atoms. The molecule has 72 heavy (non-hydrogen) atoms. The van der Waals surface area contributed by atoms with Crippen molar-refractivity contribution in [3.63, 3.8) is 0 Å². The van der Waals surface area contributed by atoms with Gasteiger partial charge in [0.2, 0.25) is 35.6 Å². The summed E-state index contributed by atoms with van der Waals surface area (Å²) in [5.74, 6) is 0.771. The number of aliphatic hydroxyl groups is 3. The molecule has 6 heterocycles. The Bertz CT molecular complexity index is 2790. The second-order valence-electron chi connectivity index (χ2n) is 21.2. The number of halogens is 3. The van der Waals surface area contributed by atoms with Crippen molar-refractivity contribution in [2.45, 2.75) is 173 Å². The van der Waals surface area contributed by atoms with Crippen LogP contribution in [0.5, 0.6) is 0 Å². The fourth-order valence-corrected chi connectivity index (χ4v) is 9.10. The lowest BCUT2D eigenvalue weighted by Gasteiger charge is -2.40. The van der Waals surface area contributed by atoms with Crippen LogP contribution in [0, 0.1) is 19.8 Å². The molecule has 6 aromatic heterocycles. The zero-order valence-electron chi connectivity index (χ0n) is 42.6. The highest BCUT2D eigenvalue weighted by atomic mass is 35.5. The lowest BCUT2D eigenvalue weighted by Crippen LogP contribution is -2.40. The third kappa shape index (κ3) is 12.5. The minimum absolute atomic E-state index is 0.0338. The highest BCUT2D eigenvalue weighted by molar-refractivity contribution is 6.29. The average Bonchev–Trinajstić information content (AvgIpc) is 3.84. The van der Waals surface area contributed by atoms with E-state index in [-0.39, 0.29) is 49.1 Å². The van der Waals surface area contributed by atoms with Gasteiger partial charge in [-0.2, -0.15) is 0 Å². The monoisotopic (exact) mass is 1020 g/mol. The molecule has 21 heteroatoms. The second-order valence-corrected chi connectivity index (χ2v) is 21.6. The van der Waals surface area contributed by atoms with Gasteiger partial charge >= 0.3 is 0 Å². The zero-order valence-corrected chi connectivity index (χ0v) is 43.3. The summed E-state index contributed by atoms with van der Waals surface area (Å²) in [6.07, 6.45) is 8.22. The number of pyridine rings is 3. The third-order valence-corrected chi connectivity index (χ3v) is 14.3. The van der Waals surface area contributed by atoms with Crippen LogP contribution < -0.4 is 16.0 Å². The molecule has 3 aliphatic carbocycles. The molecule has 3 saturated carbocycles. The SMILES string of the molecule is CCC(O)(CF)CC(=O)Nc1nc2ccc(C)nc2n1C1(C)CCC1.CCC(O)(CF)CC(=O)Nc1nc2ccc(Cl)nc2n1C1(C)CCC1.Cc1ccc2nc(NC(=O)CC(C)(C)O)n(CC3CC3)c2n1. The van der Waals surface area contributed by atoms with Crippen LogP contribution in [0.1, 0.15) is 136 Å². The standard InChI is InChI=1S/C18H25FN4O2.C17H22ClFN4O2.C16H22N4O2/c1-4-18(25,11-19)10-14(24)22-16-21-13-7-6-12(2)20-15(13)23(16)17(3)8-5-9-17;1-3-17(25,10-19)9-13(24)22-15-20-11-5-6-12(18)21-14(11)23(15)16(2)7-4-8-16;1-10-4-7-12-14(17-10)20(9-11-5-6-11)15(18-12)19-13(21)8-16(2,3)22/h6-7,25H,4-5,8-11H2,1-3H3,(H,21,22,24);5-6,25H,3-4,7-10H2,1-2H3,(H,20,22,24);4,7,11,22H,5-6,8-9H2,1-3H3,(H,18,19,21). The van der Waals surface area contributed by atoms with Gasteiger partial charge in [0.05, 0.1) is 24.9 Å². The van der Waals surface area contributed by atoms with Gasteiger partial charge in [0.15, 0.2) is 16.9 Å². The molecular weight excluding hydrogens is 950 g/mol. The molecule has 0 saturated heterocycles. The number of rotatable bonds is 17. The highest BCUT2D eigenvalue weighted by Crippen LogP contribution is 2.44. The summed E-state index contributed by atoms with van der Waals surface area (Å²) in [6, 6.07) is 11.0. The Kier molecular flexibility index (Phi) is 16.1. The molecule has 2 unspecified atom stereocenters. The Morgan fingerprint density at radius 2 is 1.04 bits per heavy atom. The van der Waals surface area contributed by atoms with E-state index in [2.05, 4.69) is 59.7 Å². The molecular formula is C51H69ClF2N12O6. The highest BCUT2D eigenvalue weighted by Gasteiger charge is 2.40. The molecule has 390 valence electrons. The number of fused-ring (bicyclic) bond motifs is 3. The first kappa shape index (κ1) is 54.1. The quantitative estimate of drug-likeness (QED) is 0.0470. The Labute approximate surface area is 422 Å². The van der Waals surface area contributed by atoms with E-state index in [0.29, 0.717) is 45.6 Å². The number of carbonyl (C=O) groups excluding carboxylic acids is 3. The molecule has 0 bridgehead atoms. The number of aryl methyl sites for hydroxylation is 2. The van der Waals surface area contributed by atoms with Crippen molar-refractivity contribution in [1.82, 2.24) is 43.6 Å². The molecule has 0 aliphatic heterocycles. The second kappa shape index (κ2) is 21.4. The van der Waals surface area contributed by atoms with E-state index in [9.17, 15) is 38.5 Å². The lowest BCUT2D eigenvalue weighted by molar-refractivity contribution is -0.123. The van der Waals surface area contributed by atoms with E-state index in [1.54, 1.807) is 39.8 Å². The Hall–Kier alpha value is -5.70. The maximum Gasteiger partial charge on any atom is 0.229 e. The lowest BCUT2D eigenvalue weighted by atomic mass is 9.78. The van der Waals surface area contributed by atoms with Crippen LogP contribution in [0.15, 0.2) is 36.4 Å². The van der Waals surface area contributed by atoms with Crippen molar-refractivity contribution in [1.29, 1.82) is 0 Å².